The molecule has 0 radical (unpaired) electrons. The van der Waals surface area contributed by atoms with E-state index in [-0.39, 0.29) is 5.56 Å². The van der Waals surface area contributed by atoms with Gasteiger partial charge in [-0.05, 0) is 24.1 Å². The highest BCUT2D eigenvalue weighted by Gasteiger charge is 2.09. The third-order valence-corrected chi connectivity index (χ3v) is 4.99. The summed E-state index contributed by atoms with van der Waals surface area (Å²) in [5.74, 6) is 0. The van der Waals surface area contributed by atoms with Crippen LogP contribution in [0.3, 0.4) is 0 Å². The summed E-state index contributed by atoms with van der Waals surface area (Å²) in [4.78, 5) is 16.4. The smallest absolute Gasteiger partial charge is 0.275 e. The SMILES string of the molecule is Cn1cc(CCNc2nn3c(=O)ccnc3s2)c2ccc(Cl)cc21. The second-order valence-electron chi connectivity index (χ2n) is 5.49. The summed E-state index contributed by atoms with van der Waals surface area (Å²) in [6, 6.07) is 7.33. The Morgan fingerprint density at radius 2 is 2.21 bits per heavy atom. The second-order valence-corrected chi connectivity index (χ2v) is 6.88. The van der Waals surface area contributed by atoms with Crippen molar-refractivity contribution in [1.29, 1.82) is 0 Å². The molecule has 1 aromatic carbocycles. The molecule has 0 spiro atoms. The van der Waals surface area contributed by atoms with Crippen molar-refractivity contribution in [3.05, 3.63) is 57.6 Å². The molecule has 0 fully saturated rings. The molecule has 3 heterocycles. The number of nitrogens with zero attached hydrogens (tertiary/aromatic N) is 4. The van der Waals surface area contributed by atoms with E-state index in [4.69, 9.17) is 11.6 Å². The van der Waals surface area contributed by atoms with Crippen molar-refractivity contribution < 1.29 is 0 Å². The lowest BCUT2D eigenvalue weighted by atomic mass is 10.1. The molecule has 0 aliphatic rings. The molecule has 122 valence electrons. The number of nitrogens with one attached hydrogen (secondary N) is 1. The standard InChI is InChI=1S/C16H14ClN5OS/c1-21-9-10(12-3-2-11(17)8-13(12)21)4-6-18-15-20-22-14(23)5-7-19-16(22)24-15/h2-3,5,7-9H,4,6H2,1H3,(H,18,20). The number of rotatable bonds is 4. The third kappa shape index (κ3) is 2.65. The molecule has 8 heteroatoms. The van der Waals surface area contributed by atoms with Crippen molar-refractivity contribution in [2.75, 3.05) is 11.9 Å². The van der Waals surface area contributed by atoms with Gasteiger partial charge in [0.1, 0.15) is 0 Å². The maximum absolute atomic E-state index is 11.7. The van der Waals surface area contributed by atoms with Gasteiger partial charge in [-0.15, -0.1) is 5.10 Å². The number of hydrogen-bond donors (Lipinski definition) is 1. The van der Waals surface area contributed by atoms with Crippen molar-refractivity contribution >= 4 is 43.9 Å². The minimum atomic E-state index is -0.171. The molecule has 0 bridgehead atoms. The van der Waals surface area contributed by atoms with Crippen molar-refractivity contribution in [1.82, 2.24) is 19.2 Å². The average molecular weight is 360 g/mol. The fraction of sp³-hybridized carbons (Fsp3) is 0.188. The Morgan fingerprint density at radius 3 is 3.04 bits per heavy atom. The molecule has 0 amide bonds. The zero-order valence-corrected chi connectivity index (χ0v) is 14.4. The Kier molecular flexibility index (Phi) is 3.74. The van der Waals surface area contributed by atoms with Gasteiger partial charge >= 0.3 is 0 Å². The molecule has 3 aromatic heterocycles. The van der Waals surface area contributed by atoms with Crippen molar-refractivity contribution in [3.63, 3.8) is 0 Å². The van der Waals surface area contributed by atoms with Crippen LogP contribution in [-0.4, -0.2) is 25.7 Å². The average Bonchev–Trinajstić information content (AvgIpc) is 3.10. The van der Waals surface area contributed by atoms with E-state index in [0.29, 0.717) is 10.1 Å². The number of aryl methyl sites for hydroxylation is 1. The molecule has 0 unspecified atom stereocenters. The minimum Gasteiger partial charge on any atom is -0.360 e. The van der Waals surface area contributed by atoms with Crippen LogP contribution in [-0.2, 0) is 13.5 Å². The maximum Gasteiger partial charge on any atom is 0.275 e. The van der Waals surface area contributed by atoms with Gasteiger partial charge in [0.25, 0.3) is 5.56 Å². The minimum absolute atomic E-state index is 0.171. The Bertz CT molecular complexity index is 1100. The normalized spacial score (nSPS) is 11.4. The van der Waals surface area contributed by atoms with E-state index in [2.05, 4.69) is 26.2 Å². The van der Waals surface area contributed by atoms with Crippen LogP contribution in [0.1, 0.15) is 5.56 Å². The summed E-state index contributed by atoms with van der Waals surface area (Å²) in [5, 5.41) is 10.1. The highest BCUT2D eigenvalue weighted by atomic mass is 35.5. The van der Waals surface area contributed by atoms with E-state index in [0.717, 1.165) is 23.5 Å². The van der Waals surface area contributed by atoms with Crippen LogP contribution in [0.15, 0.2) is 41.5 Å². The third-order valence-electron chi connectivity index (χ3n) is 3.88. The van der Waals surface area contributed by atoms with Gasteiger partial charge < -0.3 is 9.88 Å². The van der Waals surface area contributed by atoms with Crippen molar-refractivity contribution in [2.24, 2.45) is 7.05 Å². The summed E-state index contributed by atoms with van der Waals surface area (Å²) >= 11 is 7.43. The second kappa shape index (κ2) is 5.92. The lowest BCUT2D eigenvalue weighted by Gasteiger charge is -2.01. The van der Waals surface area contributed by atoms with E-state index in [9.17, 15) is 4.79 Å². The van der Waals surface area contributed by atoms with Gasteiger partial charge in [-0.25, -0.2) is 4.98 Å². The Hall–Kier alpha value is -2.38. The van der Waals surface area contributed by atoms with Gasteiger partial charge in [0.15, 0.2) is 0 Å². The maximum atomic E-state index is 11.7. The number of halogens is 1. The molecular formula is C16H14ClN5OS. The lowest BCUT2D eigenvalue weighted by Crippen LogP contribution is -2.13. The van der Waals surface area contributed by atoms with E-state index in [1.807, 2.05) is 25.2 Å². The summed E-state index contributed by atoms with van der Waals surface area (Å²) in [6.07, 6.45) is 4.46. The Labute approximate surface area is 146 Å². The molecule has 0 saturated heterocycles. The Morgan fingerprint density at radius 1 is 1.33 bits per heavy atom. The van der Waals surface area contributed by atoms with Gasteiger partial charge in [0, 0.05) is 48.0 Å². The molecule has 4 aromatic rings. The number of aromatic nitrogens is 4. The van der Waals surface area contributed by atoms with Crippen LogP contribution in [0.4, 0.5) is 5.13 Å². The molecule has 24 heavy (non-hydrogen) atoms. The number of hydrogen-bond acceptors (Lipinski definition) is 5. The van der Waals surface area contributed by atoms with Crippen molar-refractivity contribution in [2.45, 2.75) is 6.42 Å². The topological polar surface area (TPSA) is 64.2 Å². The van der Waals surface area contributed by atoms with Crippen LogP contribution >= 0.6 is 22.9 Å². The van der Waals surface area contributed by atoms with Gasteiger partial charge in [-0.2, -0.15) is 4.52 Å². The molecule has 0 aliphatic heterocycles. The van der Waals surface area contributed by atoms with Crippen LogP contribution in [0.2, 0.25) is 5.02 Å². The first-order chi connectivity index (χ1) is 11.6. The first-order valence-electron chi connectivity index (χ1n) is 7.44. The summed E-state index contributed by atoms with van der Waals surface area (Å²) in [5.41, 5.74) is 2.19. The fourth-order valence-corrected chi connectivity index (χ4v) is 3.73. The zero-order chi connectivity index (χ0) is 16.7. The fourth-order valence-electron chi connectivity index (χ4n) is 2.76. The lowest BCUT2D eigenvalue weighted by molar-refractivity contribution is 0.890. The highest BCUT2D eigenvalue weighted by Crippen LogP contribution is 2.24. The van der Waals surface area contributed by atoms with Gasteiger partial charge in [0.2, 0.25) is 10.1 Å². The molecular weight excluding hydrogens is 346 g/mol. The summed E-state index contributed by atoms with van der Waals surface area (Å²) in [7, 11) is 2.02. The van der Waals surface area contributed by atoms with Crippen molar-refractivity contribution in [3.8, 4) is 0 Å². The summed E-state index contributed by atoms with van der Waals surface area (Å²) in [6.45, 7) is 0.719. The molecule has 0 saturated carbocycles. The number of anilines is 1. The first-order valence-corrected chi connectivity index (χ1v) is 8.63. The molecule has 4 rings (SSSR count). The van der Waals surface area contributed by atoms with E-state index in [1.165, 1.54) is 39.1 Å². The molecule has 1 N–H and O–H groups in total. The zero-order valence-electron chi connectivity index (χ0n) is 12.9. The Balaban J connectivity index is 1.53. The summed E-state index contributed by atoms with van der Waals surface area (Å²) < 4.78 is 3.39. The predicted molar refractivity (Wildman–Crippen MR) is 97.3 cm³/mol. The number of benzene rings is 1. The van der Waals surface area contributed by atoms with Gasteiger partial charge in [-0.1, -0.05) is 29.0 Å². The molecule has 0 aliphatic carbocycles. The monoisotopic (exact) mass is 359 g/mol. The van der Waals surface area contributed by atoms with Crippen LogP contribution in [0.5, 0.6) is 0 Å². The van der Waals surface area contributed by atoms with Gasteiger partial charge in [-0.3, -0.25) is 4.79 Å². The highest BCUT2D eigenvalue weighted by molar-refractivity contribution is 7.20. The molecule has 0 atom stereocenters. The quantitative estimate of drug-likeness (QED) is 0.608. The van der Waals surface area contributed by atoms with Gasteiger partial charge in [0.05, 0.1) is 0 Å². The van der Waals surface area contributed by atoms with Crippen LogP contribution < -0.4 is 10.9 Å². The van der Waals surface area contributed by atoms with E-state index in [1.54, 1.807) is 0 Å². The predicted octanol–water partition coefficient (Wildman–Crippen LogP) is 2.95. The van der Waals surface area contributed by atoms with Crippen LogP contribution in [0, 0.1) is 0 Å². The first kappa shape index (κ1) is 15.2. The van der Waals surface area contributed by atoms with E-state index >= 15 is 0 Å². The number of fused-ring (bicyclic) bond motifs is 2. The van der Waals surface area contributed by atoms with E-state index < -0.39 is 0 Å². The largest absolute Gasteiger partial charge is 0.360 e. The molecule has 6 nitrogen and oxygen atoms in total. The van der Waals surface area contributed by atoms with Crippen LogP contribution in [0.25, 0.3) is 15.9 Å².